The van der Waals surface area contributed by atoms with Crippen molar-refractivity contribution in [3.8, 4) is 11.1 Å². The van der Waals surface area contributed by atoms with Gasteiger partial charge in [0.25, 0.3) is 0 Å². The van der Waals surface area contributed by atoms with E-state index < -0.39 is 46.9 Å². The lowest BCUT2D eigenvalue weighted by atomic mass is 9.79. The third kappa shape index (κ3) is 9.02. The molecular formula is C39H55N5O7. The minimum absolute atomic E-state index is 0.0603. The first kappa shape index (κ1) is 38.1. The molecule has 12 nitrogen and oxygen atoms in total. The van der Waals surface area contributed by atoms with E-state index >= 15 is 0 Å². The summed E-state index contributed by atoms with van der Waals surface area (Å²) < 4.78 is 11.2. The van der Waals surface area contributed by atoms with Crippen LogP contribution in [0.15, 0.2) is 48.5 Å². The Morgan fingerprint density at radius 1 is 0.941 bits per heavy atom. The molecule has 3 aliphatic rings. The van der Waals surface area contributed by atoms with E-state index in [1.165, 1.54) is 9.96 Å². The van der Waals surface area contributed by atoms with Gasteiger partial charge in [-0.25, -0.2) is 9.59 Å². The zero-order chi connectivity index (χ0) is 37.1. The van der Waals surface area contributed by atoms with Gasteiger partial charge in [0.05, 0.1) is 0 Å². The maximum Gasteiger partial charge on any atom is 0.410 e. The number of fused-ring (bicyclic) bond motifs is 3. The molecule has 0 saturated carbocycles. The second-order valence-electron chi connectivity index (χ2n) is 16.3. The van der Waals surface area contributed by atoms with Crippen LogP contribution in [0.3, 0.4) is 0 Å². The van der Waals surface area contributed by atoms with Gasteiger partial charge in [-0.15, -0.1) is 0 Å². The van der Waals surface area contributed by atoms with E-state index in [0.29, 0.717) is 38.6 Å². The highest BCUT2D eigenvalue weighted by Gasteiger charge is 2.46. The van der Waals surface area contributed by atoms with Crippen molar-refractivity contribution in [2.24, 2.45) is 0 Å². The molecule has 0 radical (unpaired) electrons. The minimum Gasteiger partial charge on any atom is -0.449 e. The van der Waals surface area contributed by atoms with Crippen molar-refractivity contribution < 1.29 is 33.9 Å². The number of hydroxylamine groups is 2. The van der Waals surface area contributed by atoms with E-state index in [-0.39, 0.29) is 37.4 Å². The highest BCUT2D eigenvalue weighted by molar-refractivity contribution is 5.91. The Morgan fingerprint density at radius 3 is 2.12 bits per heavy atom. The van der Waals surface area contributed by atoms with Crippen LogP contribution in [0.2, 0.25) is 0 Å². The first-order chi connectivity index (χ1) is 24.0. The molecule has 1 aliphatic carbocycles. The lowest BCUT2D eigenvalue weighted by molar-refractivity contribution is -0.246. The van der Waals surface area contributed by atoms with Gasteiger partial charge in [0.15, 0.2) is 0 Å². The van der Waals surface area contributed by atoms with Gasteiger partial charge in [-0.2, -0.15) is 5.06 Å². The topological polar surface area (TPSA) is 150 Å². The van der Waals surface area contributed by atoms with Crippen LogP contribution >= 0.6 is 0 Å². The number of ether oxygens (including phenoxy) is 2. The van der Waals surface area contributed by atoms with Gasteiger partial charge in [-0.05, 0) is 109 Å². The summed E-state index contributed by atoms with van der Waals surface area (Å²) in [5.74, 6) is -0.835. The smallest absolute Gasteiger partial charge is 0.410 e. The predicted molar refractivity (Wildman–Crippen MR) is 193 cm³/mol. The third-order valence-corrected chi connectivity index (χ3v) is 10.1. The number of nitrogens with one attached hydrogen (secondary N) is 3. The molecule has 2 atom stereocenters. The second kappa shape index (κ2) is 15.2. The SMILES string of the molecule is CC(C)(C)OC(=O)N1CCC[C@H]1C(=O)N[C@@H](CCCNC(=O)OCC1c2ccccc2-c2ccccc21)C(=O)NC1CC(C)(C)N(O)C(C)(C)C1. The van der Waals surface area contributed by atoms with Crippen LogP contribution in [0, 0.1) is 0 Å². The first-order valence-electron chi connectivity index (χ1n) is 18.2. The van der Waals surface area contributed by atoms with Gasteiger partial charge < -0.3 is 30.6 Å². The number of hydrogen-bond acceptors (Lipinski definition) is 8. The Balaban J connectivity index is 1.19. The molecule has 2 fully saturated rings. The number of nitrogens with zero attached hydrogens (tertiary/aromatic N) is 2. The monoisotopic (exact) mass is 705 g/mol. The number of likely N-dealkylation sites (tertiary alicyclic amines) is 1. The number of alkyl carbamates (subject to hydrolysis) is 1. The summed E-state index contributed by atoms with van der Waals surface area (Å²) in [5.41, 5.74) is 2.67. The standard InChI is InChI=1S/C39H55N5O7/c1-37(2,3)51-36(48)43-21-13-19-32(43)34(46)42-31(33(45)41-25-22-38(4,5)44(49)39(6,7)23-25)18-12-20-40-35(47)50-24-30-28-16-10-8-14-26(28)27-15-9-11-17-29(27)30/h8-11,14-17,25,30-32,49H,12-13,18-24H2,1-7H3,(H,40,47)(H,41,45)(H,42,46)/t31-,32-/m0/s1. The normalized spacial score (nSPS) is 20.5. The van der Waals surface area contributed by atoms with Crippen molar-refractivity contribution in [3.05, 3.63) is 59.7 Å². The number of carbonyl (C=O) groups excluding carboxylic acids is 4. The summed E-state index contributed by atoms with van der Waals surface area (Å²) in [6, 6.07) is 14.4. The Morgan fingerprint density at radius 2 is 1.53 bits per heavy atom. The van der Waals surface area contributed by atoms with Gasteiger partial charge >= 0.3 is 12.2 Å². The fourth-order valence-electron chi connectivity index (χ4n) is 7.94. The summed E-state index contributed by atoms with van der Waals surface area (Å²) in [6.07, 6.45) is 1.63. The molecule has 0 unspecified atom stereocenters. The van der Waals surface area contributed by atoms with E-state index in [1.807, 2.05) is 52.0 Å². The molecule has 4 N–H and O–H groups in total. The summed E-state index contributed by atoms with van der Waals surface area (Å²) in [4.78, 5) is 54.6. The van der Waals surface area contributed by atoms with Gasteiger partial charge in [-0.3, -0.25) is 14.5 Å². The molecule has 12 heteroatoms. The number of hydrogen-bond donors (Lipinski definition) is 4. The van der Waals surface area contributed by atoms with Crippen molar-refractivity contribution >= 4 is 24.0 Å². The zero-order valence-electron chi connectivity index (χ0n) is 31.1. The largest absolute Gasteiger partial charge is 0.449 e. The average molecular weight is 706 g/mol. The van der Waals surface area contributed by atoms with Crippen LogP contribution in [-0.2, 0) is 19.1 Å². The number of amides is 4. The molecule has 0 aromatic heterocycles. The van der Waals surface area contributed by atoms with Crippen molar-refractivity contribution in [1.29, 1.82) is 0 Å². The zero-order valence-corrected chi connectivity index (χ0v) is 31.1. The minimum atomic E-state index is -0.915. The first-order valence-corrected chi connectivity index (χ1v) is 18.2. The summed E-state index contributed by atoms with van der Waals surface area (Å²) >= 11 is 0. The molecular weight excluding hydrogens is 650 g/mol. The summed E-state index contributed by atoms with van der Waals surface area (Å²) in [7, 11) is 0. The molecule has 2 aromatic rings. The number of rotatable bonds is 10. The van der Waals surface area contributed by atoms with Crippen LogP contribution in [-0.4, -0.2) is 93.7 Å². The Labute approximate surface area is 301 Å². The van der Waals surface area contributed by atoms with Crippen molar-refractivity contribution in [3.63, 3.8) is 0 Å². The maximum absolute atomic E-state index is 13.8. The molecule has 0 bridgehead atoms. The molecule has 2 aromatic carbocycles. The summed E-state index contributed by atoms with van der Waals surface area (Å²) in [5, 5.41) is 20.9. The second-order valence-corrected chi connectivity index (χ2v) is 16.3. The van der Waals surface area contributed by atoms with E-state index in [2.05, 4.69) is 40.2 Å². The van der Waals surface area contributed by atoms with Crippen LogP contribution in [0.1, 0.15) is 104 Å². The van der Waals surface area contributed by atoms with E-state index in [4.69, 9.17) is 9.47 Å². The Bertz CT molecular complexity index is 1540. The molecule has 2 aliphatic heterocycles. The van der Waals surface area contributed by atoms with Gasteiger partial charge in [-0.1, -0.05) is 48.5 Å². The Kier molecular flexibility index (Phi) is 11.4. The van der Waals surface area contributed by atoms with Crippen molar-refractivity contribution in [1.82, 2.24) is 25.9 Å². The molecule has 4 amide bonds. The number of piperidine rings is 1. The lowest BCUT2D eigenvalue weighted by Gasteiger charge is -2.51. The van der Waals surface area contributed by atoms with Gasteiger partial charge in [0, 0.05) is 36.1 Å². The quantitative estimate of drug-likeness (QED) is 0.230. The third-order valence-electron chi connectivity index (χ3n) is 10.1. The summed E-state index contributed by atoms with van der Waals surface area (Å²) in [6.45, 7) is 13.8. The molecule has 2 saturated heterocycles. The fraction of sp³-hybridized carbons (Fsp3) is 0.590. The van der Waals surface area contributed by atoms with Crippen LogP contribution in [0.25, 0.3) is 11.1 Å². The van der Waals surface area contributed by atoms with E-state index in [9.17, 15) is 24.4 Å². The molecule has 2 heterocycles. The van der Waals surface area contributed by atoms with Crippen LogP contribution < -0.4 is 16.0 Å². The highest BCUT2D eigenvalue weighted by Crippen LogP contribution is 2.44. The number of carbonyl (C=O) groups is 4. The van der Waals surface area contributed by atoms with Gasteiger partial charge in [0.2, 0.25) is 11.8 Å². The number of benzene rings is 2. The van der Waals surface area contributed by atoms with E-state index in [1.54, 1.807) is 20.8 Å². The maximum atomic E-state index is 13.8. The molecule has 0 spiro atoms. The fourth-order valence-corrected chi connectivity index (χ4v) is 7.94. The van der Waals surface area contributed by atoms with Gasteiger partial charge in [0.1, 0.15) is 24.3 Å². The highest BCUT2D eigenvalue weighted by atomic mass is 16.6. The van der Waals surface area contributed by atoms with Crippen molar-refractivity contribution in [2.75, 3.05) is 19.7 Å². The molecule has 278 valence electrons. The molecule has 51 heavy (non-hydrogen) atoms. The lowest BCUT2D eigenvalue weighted by Crippen LogP contribution is -2.64. The van der Waals surface area contributed by atoms with Crippen LogP contribution in [0.5, 0.6) is 0 Å². The predicted octanol–water partition coefficient (Wildman–Crippen LogP) is 5.72. The van der Waals surface area contributed by atoms with Crippen LogP contribution in [0.4, 0.5) is 9.59 Å². The molecule has 5 rings (SSSR count). The average Bonchev–Trinajstić information content (AvgIpc) is 3.67. The Hall–Kier alpha value is -4.16. The van der Waals surface area contributed by atoms with E-state index in [0.717, 1.165) is 22.3 Å². The van der Waals surface area contributed by atoms with Crippen molar-refractivity contribution in [2.45, 2.75) is 128 Å².